The number of aromatic amines is 1. The van der Waals surface area contributed by atoms with Crippen LogP contribution in [0.1, 0.15) is 33.1 Å². The Morgan fingerprint density at radius 2 is 1.92 bits per heavy atom. The molecule has 0 aliphatic carbocycles. The molecule has 1 amide bonds. The Bertz CT molecular complexity index is 1480. The molecule has 0 saturated carbocycles. The molecule has 3 heterocycles. The number of fused-ring (bicyclic) bond motifs is 1. The quantitative estimate of drug-likeness (QED) is 0.373. The summed E-state index contributed by atoms with van der Waals surface area (Å²) >= 11 is 0. The maximum atomic E-state index is 12.8. The fourth-order valence-electron chi connectivity index (χ4n) is 4.48. The van der Waals surface area contributed by atoms with Crippen molar-refractivity contribution in [2.45, 2.75) is 49.6 Å². The number of carboxylic acid groups (broad SMARTS) is 1. The molecule has 1 aliphatic rings. The number of anilines is 2. The summed E-state index contributed by atoms with van der Waals surface area (Å²) in [6, 6.07) is 9.70. The second-order valence-corrected chi connectivity index (χ2v) is 10.8. The van der Waals surface area contributed by atoms with Crippen LogP contribution in [0, 0.1) is 11.3 Å². The molecule has 0 atom stereocenters. The van der Waals surface area contributed by atoms with Crippen molar-refractivity contribution in [2.75, 3.05) is 18.4 Å². The van der Waals surface area contributed by atoms with Crippen LogP contribution in [0.15, 0.2) is 46.2 Å². The summed E-state index contributed by atoms with van der Waals surface area (Å²) in [5.41, 5.74) is -0.131. The highest BCUT2D eigenvalue weighted by Gasteiger charge is 2.40. The summed E-state index contributed by atoms with van der Waals surface area (Å²) in [7, 11) is -3.65. The smallest absolute Gasteiger partial charge is 0.407 e. The topological polar surface area (TPSA) is 173 Å². The Morgan fingerprint density at radius 1 is 1.25 bits per heavy atom. The lowest BCUT2D eigenvalue weighted by Crippen LogP contribution is -2.48. The minimum atomic E-state index is -3.65. The zero-order valence-corrected chi connectivity index (χ0v) is 20.7. The van der Waals surface area contributed by atoms with Gasteiger partial charge in [0.15, 0.2) is 5.82 Å². The number of hydrogen-bond acceptors (Lipinski definition) is 7. The molecule has 12 nitrogen and oxygen atoms in total. The van der Waals surface area contributed by atoms with Gasteiger partial charge in [-0.15, -0.1) is 0 Å². The molecule has 4 rings (SSSR count). The summed E-state index contributed by atoms with van der Waals surface area (Å²) in [6.45, 7) is 3.95. The number of hydrogen-bond donors (Lipinski definition) is 4. The largest absolute Gasteiger partial charge is 0.465 e. The van der Waals surface area contributed by atoms with Crippen LogP contribution < -0.4 is 15.6 Å². The SMILES string of the molecule is CC(C)NS(=O)(=O)c1ccc(Nc2nn(C3(CC#N)CCN(C(=O)O)CC3)c3cc[nH]c(=O)c23)cc1. The number of piperidine rings is 1. The van der Waals surface area contributed by atoms with Crippen molar-refractivity contribution in [1.82, 2.24) is 24.4 Å². The second-order valence-electron chi connectivity index (χ2n) is 9.08. The van der Waals surface area contributed by atoms with Crippen LogP contribution in [0.4, 0.5) is 16.3 Å². The molecule has 3 aromatic rings. The molecular weight excluding hydrogens is 486 g/mol. The molecular formula is C23H27N7O5S. The number of H-pyrrole nitrogens is 1. The lowest BCUT2D eigenvalue weighted by molar-refractivity contribution is 0.0912. The van der Waals surface area contributed by atoms with E-state index in [4.69, 9.17) is 0 Å². The van der Waals surface area contributed by atoms with E-state index in [1.54, 1.807) is 36.7 Å². The van der Waals surface area contributed by atoms with Crippen LogP contribution in [0.5, 0.6) is 0 Å². The van der Waals surface area contributed by atoms with Gasteiger partial charge in [0.2, 0.25) is 10.0 Å². The van der Waals surface area contributed by atoms with E-state index in [-0.39, 0.29) is 47.2 Å². The van der Waals surface area contributed by atoms with Crippen LogP contribution in [0.25, 0.3) is 10.9 Å². The fraction of sp³-hybridized carbons (Fsp3) is 0.391. The van der Waals surface area contributed by atoms with E-state index in [0.29, 0.717) is 24.0 Å². The van der Waals surface area contributed by atoms with Gasteiger partial charge in [-0.05, 0) is 57.0 Å². The Hall–Kier alpha value is -3.89. The zero-order valence-electron chi connectivity index (χ0n) is 19.9. The number of carbonyl (C=O) groups is 1. The first-order valence-corrected chi connectivity index (χ1v) is 12.9. The minimum Gasteiger partial charge on any atom is -0.465 e. The Morgan fingerprint density at radius 3 is 2.50 bits per heavy atom. The van der Waals surface area contributed by atoms with Gasteiger partial charge >= 0.3 is 6.09 Å². The third-order valence-corrected chi connectivity index (χ3v) is 7.92. The van der Waals surface area contributed by atoms with E-state index in [2.05, 4.69) is 26.2 Å². The zero-order chi connectivity index (χ0) is 26.1. The fourth-order valence-corrected chi connectivity index (χ4v) is 5.73. The van der Waals surface area contributed by atoms with Gasteiger partial charge < -0.3 is 20.3 Å². The maximum Gasteiger partial charge on any atom is 0.407 e. The summed E-state index contributed by atoms with van der Waals surface area (Å²) in [5, 5.41) is 27.0. The van der Waals surface area contributed by atoms with Gasteiger partial charge in [0.05, 0.1) is 28.4 Å². The van der Waals surface area contributed by atoms with E-state index in [9.17, 15) is 28.4 Å². The summed E-state index contributed by atoms with van der Waals surface area (Å²) < 4.78 is 29.0. The third-order valence-electron chi connectivity index (χ3n) is 6.24. The number of rotatable bonds is 7. The number of sulfonamides is 1. The molecule has 1 aliphatic heterocycles. The summed E-state index contributed by atoms with van der Waals surface area (Å²) in [6.07, 6.45) is 1.31. The minimum absolute atomic E-state index is 0.0961. The molecule has 1 aromatic carbocycles. The Kier molecular flexibility index (Phi) is 6.75. The van der Waals surface area contributed by atoms with Crippen molar-refractivity contribution < 1.29 is 18.3 Å². The molecule has 0 radical (unpaired) electrons. The summed E-state index contributed by atoms with van der Waals surface area (Å²) in [4.78, 5) is 28.2. The molecule has 0 bridgehead atoms. The highest BCUT2D eigenvalue weighted by Crippen LogP contribution is 2.37. The number of likely N-dealkylation sites (tertiary alicyclic amines) is 1. The van der Waals surface area contributed by atoms with Crippen molar-refractivity contribution in [3.05, 3.63) is 46.9 Å². The second kappa shape index (κ2) is 9.63. The Balaban J connectivity index is 1.72. The predicted octanol–water partition coefficient (Wildman–Crippen LogP) is 2.54. The standard InChI is InChI=1S/C23H27N7O5S/c1-15(2)28-36(34,35)17-5-3-16(4-6-17)26-20-19-18(7-12-25-21(19)31)30(27-20)23(8-11-24)9-13-29(14-10-23)22(32)33/h3-7,12,15,28H,8-10,13-14H2,1-2H3,(H,25,31)(H,26,27)(H,32,33). The average molecular weight is 514 g/mol. The van der Waals surface area contributed by atoms with E-state index in [0.717, 1.165) is 0 Å². The molecule has 4 N–H and O–H groups in total. The van der Waals surface area contributed by atoms with Crippen LogP contribution in [0.3, 0.4) is 0 Å². The van der Waals surface area contributed by atoms with Gasteiger partial charge in [0.25, 0.3) is 5.56 Å². The van der Waals surface area contributed by atoms with Gasteiger partial charge in [-0.1, -0.05) is 0 Å². The van der Waals surface area contributed by atoms with E-state index in [1.807, 2.05) is 0 Å². The first-order valence-electron chi connectivity index (χ1n) is 11.4. The highest BCUT2D eigenvalue weighted by atomic mass is 32.2. The normalized spacial score (nSPS) is 15.7. The number of aromatic nitrogens is 3. The lowest BCUT2D eigenvalue weighted by atomic mass is 9.85. The third kappa shape index (κ3) is 4.77. The van der Waals surface area contributed by atoms with Crippen LogP contribution in [-0.2, 0) is 15.6 Å². The van der Waals surface area contributed by atoms with Crippen molar-refractivity contribution in [3.8, 4) is 6.07 Å². The van der Waals surface area contributed by atoms with Crippen molar-refractivity contribution in [3.63, 3.8) is 0 Å². The first-order chi connectivity index (χ1) is 17.1. The average Bonchev–Trinajstić information content (AvgIpc) is 3.19. The molecule has 0 spiro atoms. The van der Waals surface area contributed by atoms with Crippen LogP contribution in [0.2, 0.25) is 0 Å². The number of nitrogens with one attached hydrogen (secondary N) is 3. The van der Waals surface area contributed by atoms with Crippen LogP contribution in [-0.4, -0.2) is 58.4 Å². The van der Waals surface area contributed by atoms with Gasteiger partial charge in [-0.3, -0.25) is 9.48 Å². The van der Waals surface area contributed by atoms with E-state index < -0.39 is 21.7 Å². The first kappa shape index (κ1) is 25.2. The van der Waals surface area contributed by atoms with Crippen molar-refractivity contribution in [2.24, 2.45) is 0 Å². The van der Waals surface area contributed by atoms with Gasteiger partial charge in [0.1, 0.15) is 5.39 Å². The molecule has 36 heavy (non-hydrogen) atoms. The Labute approximate surface area is 207 Å². The number of nitriles is 1. The maximum absolute atomic E-state index is 12.8. The molecule has 13 heteroatoms. The van der Waals surface area contributed by atoms with E-state index >= 15 is 0 Å². The van der Waals surface area contributed by atoms with Crippen molar-refractivity contribution >= 4 is 38.5 Å². The molecule has 190 valence electrons. The molecule has 1 fully saturated rings. The number of amides is 1. The lowest BCUT2D eigenvalue weighted by Gasteiger charge is -2.40. The van der Waals surface area contributed by atoms with Gasteiger partial charge in [0, 0.05) is 31.0 Å². The summed E-state index contributed by atoms with van der Waals surface area (Å²) in [5.74, 6) is 0.251. The highest BCUT2D eigenvalue weighted by molar-refractivity contribution is 7.89. The number of pyridine rings is 1. The van der Waals surface area contributed by atoms with Gasteiger partial charge in [-0.25, -0.2) is 17.9 Å². The number of benzene rings is 1. The monoisotopic (exact) mass is 513 g/mol. The van der Waals surface area contributed by atoms with E-state index in [1.165, 1.54) is 23.2 Å². The molecule has 2 aromatic heterocycles. The van der Waals surface area contributed by atoms with Crippen molar-refractivity contribution in [1.29, 1.82) is 5.26 Å². The molecule has 0 unspecified atom stereocenters. The predicted molar refractivity (Wildman–Crippen MR) is 133 cm³/mol. The molecule has 1 saturated heterocycles. The van der Waals surface area contributed by atoms with Gasteiger partial charge in [-0.2, -0.15) is 10.4 Å². The number of nitrogens with zero attached hydrogens (tertiary/aromatic N) is 4. The van der Waals surface area contributed by atoms with Crippen LogP contribution >= 0.6 is 0 Å².